The first-order valence-electron chi connectivity index (χ1n) is 6.15. The zero-order chi connectivity index (χ0) is 13.2. The third kappa shape index (κ3) is 3.06. The average Bonchev–Trinajstić information content (AvgIpc) is 3.13. The Kier molecular flexibility index (Phi) is 4.33. The van der Waals surface area contributed by atoms with E-state index in [9.17, 15) is 4.89 Å². The van der Waals surface area contributed by atoms with Gasteiger partial charge in [-0.05, 0) is 38.5 Å². The molecular weight excluding hydrogens is 269 g/mol. The lowest BCUT2D eigenvalue weighted by molar-refractivity contribution is 0.324. The molecule has 0 aromatic carbocycles. The third-order valence-corrected chi connectivity index (χ3v) is 5.44. The Labute approximate surface area is 112 Å². The molecule has 100 valence electrons. The van der Waals surface area contributed by atoms with Gasteiger partial charge in [0.25, 0.3) is 6.64 Å². The largest absolute Gasteiger partial charge is 0.329 e. The summed E-state index contributed by atoms with van der Waals surface area (Å²) in [6.45, 7) is 1.73. The van der Waals surface area contributed by atoms with E-state index in [-0.39, 0.29) is 0 Å². The first kappa shape index (κ1) is 13.9. The van der Waals surface area contributed by atoms with Crippen LogP contribution in [0.2, 0.25) is 0 Å². The van der Waals surface area contributed by atoms with E-state index in [0.717, 1.165) is 5.69 Å². The Morgan fingerprint density at radius 3 is 2.78 bits per heavy atom. The minimum atomic E-state index is -2.98. The highest BCUT2D eigenvalue weighted by Gasteiger charge is 2.28. The fourth-order valence-electron chi connectivity index (χ4n) is 1.81. The summed E-state index contributed by atoms with van der Waals surface area (Å²) in [6.07, 6.45) is 3.90. The molecule has 1 aromatic heterocycles. The standard InChI is InChI=1S/C11H18N3O2PS/c1-3-14(17(15,18)16-4-2)11-7-10(9-5-6-9)12-8-13-11/h7-9H,3-6H2,1-2H3,(H,15,18). The molecule has 1 atom stereocenters. The smallest absolute Gasteiger partial charge is 0.288 e. The molecular formula is C11H18N3O2PS. The quantitative estimate of drug-likeness (QED) is 0.811. The number of rotatable bonds is 6. The van der Waals surface area contributed by atoms with Crippen molar-refractivity contribution in [2.75, 3.05) is 17.8 Å². The van der Waals surface area contributed by atoms with Gasteiger partial charge in [0.2, 0.25) is 0 Å². The van der Waals surface area contributed by atoms with Crippen LogP contribution in [0.25, 0.3) is 0 Å². The molecule has 1 heterocycles. The van der Waals surface area contributed by atoms with Gasteiger partial charge in [0.1, 0.15) is 12.1 Å². The molecule has 1 fully saturated rings. The number of hydrogen-bond acceptors (Lipinski definition) is 4. The second kappa shape index (κ2) is 5.61. The normalized spacial score (nSPS) is 18.4. The molecule has 0 aliphatic heterocycles. The van der Waals surface area contributed by atoms with E-state index in [1.807, 2.05) is 19.9 Å². The van der Waals surface area contributed by atoms with Crippen LogP contribution in [0.4, 0.5) is 5.82 Å². The summed E-state index contributed by atoms with van der Waals surface area (Å²) in [5, 5.41) is 0. The van der Waals surface area contributed by atoms with Crippen LogP contribution >= 0.6 is 6.64 Å². The van der Waals surface area contributed by atoms with Gasteiger partial charge in [-0.2, -0.15) is 0 Å². The molecule has 1 N–H and O–H groups in total. The first-order chi connectivity index (χ1) is 8.58. The van der Waals surface area contributed by atoms with E-state index < -0.39 is 6.64 Å². The van der Waals surface area contributed by atoms with Gasteiger partial charge in [-0.3, -0.25) is 4.67 Å². The molecule has 2 rings (SSSR count). The Morgan fingerprint density at radius 1 is 1.50 bits per heavy atom. The van der Waals surface area contributed by atoms with E-state index in [2.05, 4.69) is 9.97 Å². The number of hydrogen-bond donors (Lipinski definition) is 1. The summed E-state index contributed by atoms with van der Waals surface area (Å²) in [6, 6.07) is 1.91. The van der Waals surface area contributed by atoms with Gasteiger partial charge < -0.3 is 9.42 Å². The van der Waals surface area contributed by atoms with Gasteiger partial charge >= 0.3 is 0 Å². The van der Waals surface area contributed by atoms with E-state index in [1.165, 1.54) is 19.2 Å². The van der Waals surface area contributed by atoms with Gasteiger partial charge in [-0.1, -0.05) is 0 Å². The summed E-state index contributed by atoms with van der Waals surface area (Å²) in [4.78, 5) is 18.7. The fourth-order valence-corrected chi connectivity index (χ4v) is 3.93. The summed E-state index contributed by atoms with van der Waals surface area (Å²) in [5.74, 6) is 1.21. The van der Waals surface area contributed by atoms with Crippen LogP contribution in [0.1, 0.15) is 38.3 Å². The van der Waals surface area contributed by atoms with Gasteiger partial charge in [0.05, 0.1) is 6.61 Å². The van der Waals surface area contributed by atoms with Crippen LogP contribution < -0.4 is 4.67 Å². The lowest BCUT2D eigenvalue weighted by Crippen LogP contribution is -2.21. The van der Waals surface area contributed by atoms with E-state index in [4.69, 9.17) is 16.3 Å². The molecule has 1 saturated carbocycles. The van der Waals surface area contributed by atoms with Crippen molar-refractivity contribution in [2.45, 2.75) is 32.6 Å². The van der Waals surface area contributed by atoms with Crippen LogP contribution in [0.15, 0.2) is 12.4 Å². The SMILES string of the molecule is CCOP(O)(=S)N(CC)c1cc(C2CC2)ncn1. The Morgan fingerprint density at radius 2 is 2.22 bits per heavy atom. The van der Waals surface area contributed by atoms with E-state index in [0.29, 0.717) is 24.9 Å². The molecule has 1 aromatic rings. The van der Waals surface area contributed by atoms with Crippen molar-refractivity contribution in [3.05, 3.63) is 18.1 Å². The van der Waals surface area contributed by atoms with Crippen molar-refractivity contribution >= 4 is 24.3 Å². The van der Waals surface area contributed by atoms with Crippen LogP contribution in [0, 0.1) is 0 Å². The van der Waals surface area contributed by atoms with Crippen LogP contribution in [-0.4, -0.2) is 28.0 Å². The maximum atomic E-state index is 10.2. The second-order valence-electron chi connectivity index (χ2n) is 4.20. The van der Waals surface area contributed by atoms with Crippen LogP contribution in [0.5, 0.6) is 0 Å². The first-order valence-corrected chi connectivity index (χ1v) is 8.78. The van der Waals surface area contributed by atoms with Gasteiger partial charge in [-0.15, -0.1) is 0 Å². The third-order valence-electron chi connectivity index (χ3n) is 2.84. The molecule has 1 aliphatic rings. The van der Waals surface area contributed by atoms with Crippen LogP contribution in [0.3, 0.4) is 0 Å². The van der Waals surface area contributed by atoms with E-state index >= 15 is 0 Å². The van der Waals surface area contributed by atoms with Crippen LogP contribution in [-0.2, 0) is 16.3 Å². The molecule has 0 saturated heterocycles. The molecule has 0 radical (unpaired) electrons. The highest BCUT2D eigenvalue weighted by atomic mass is 32.5. The zero-order valence-corrected chi connectivity index (χ0v) is 12.3. The van der Waals surface area contributed by atoms with E-state index in [1.54, 1.807) is 4.67 Å². The number of aromatic nitrogens is 2. The fraction of sp³-hybridized carbons (Fsp3) is 0.636. The molecule has 0 bridgehead atoms. The summed E-state index contributed by atoms with van der Waals surface area (Å²) in [7, 11) is 0. The van der Waals surface area contributed by atoms with Crippen molar-refractivity contribution in [1.29, 1.82) is 0 Å². The lowest BCUT2D eigenvalue weighted by Gasteiger charge is -2.29. The summed E-state index contributed by atoms with van der Waals surface area (Å²) >= 11 is 5.18. The molecule has 5 nitrogen and oxygen atoms in total. The minimum Gasteiger partial charge on any atom is -0.329 e. The Balaban J connectivity index is 2.26. The second-order valence-corrected chi connectivity index (χ2v) is 7.35. The summed E-state index contributed by atoms with van der Waals surface area (Å²) in [5.41, 5.74) is 1.03. The zero-order valence-electron chi connectivity index (χ0n) is 10.6. The molecule has 1 aliphatic carbocycles. The predicted molar refractivity (Wildman–Crippen MR) is 75.2 cm³/mol. The summed E-state index contributed by atoms with van der Waals surface area (Å²) < 4.78 is 6.97. The van der Waals surface area contributed by atoms with Crippen molar-refractivity contribution in [1.82, 2.24) is 9.97 Å². The number of nitrogens with zero attached hydrogens (tertiary/aromatic N) is 3. The van der Waals surface area contributed by atoms with Crippen molar-refractivity contribution in [3.8, 4) is 0 Å². The highest BCUT2D eigenvalue weighted by molar-refractivity contribution is 8.10. The molecule has 1 unspecified atom stereocenters. The highest BCUT2D eigenvalue weighted by Crippen LogP contribution is 2.49. The monoisotopic (exact) mass is 287 g/mol. The van der Waals surface area contributed by atoms with Crippen molar-refractivity contribution in [2.24, 2.45) is 0 Å². The Hall–Kier alpha value is -0.550. The topological polar surface area (TPSA) is 58.5 Å². The predicted octanol–water partition coefficient (Wildman–Crippen LogP) is 2.43. The average molecular weight is 287 g/mol. The molecule has 0 spiro atoms. The van der Waals surface area contributed by atoms with Crippen molar-refractivity contribution < 1.29 is 9.42 Å². The molecule has 0 amide bonds. The number of anilines is 1. The van der Waals surface area contributed by atoms with Gasteiger partial charge in [0, 0.05) is 24.2 Å². The van der Waals surface area contributed by atoms with Gasteiger partial charge in [0.15, 0.2) is 0 Å². The van der Waals surface area contributed by atoms with Crippen molar-refractivity contribution in [3.63, 3.8) is 0 Å². The molecule has 7 heteroatoms. The van der Waals surface area contributed by atoms with Gasteiger partial charge in [-0.25, -0.2) is 9.97 Å². The minimum absolute atomic E-state index is 0.394. The molecule has 18 heavy (non-hydrogen) atoms. The Bertz CT molecular complexity index is 467. The maximum absolute atomic E-state index is 10.2. The lowest BCUT2D eigenvalue weighted by atomic mass is 10.3. The maximum Gasteiger partial charge on any atom is 0.288 e.